The van der Waals surface area contributed by atoms with Crippen LogP contribution in [0.25, 0.3) is 0 Å². The Hall–Kier alpha value is -0.360. The number of aliphatic hydroxyl groups excluding tert-OH is 6. The van der Waals surface area contributed by atoms with Gasteiger partial charge in [-0.1, -0.05) is 0 Å². The van der Waals surface area contributed by atoms with Crippen LogP contribution in [0.5, 0.6) is 0 Å². The molecule has 2 aliphatic heterocycles. The highest BCUT2D eigenvalue weighted by Gasteiger charge is 2.43. The molecule has 2 aliphatic rings. The van der Waals surface area contributed by atoms with Crippen molar-refractivity contribution in [1.29, 1.82) is 0 Å². The first kappa shape index (κ1) is 17.0. The molecule has 9 nitrogen and oxygen atoms in total. The summed E-state index contributed by atoms with van der Waals surface area (Å²) in [5.74, 6) is 0. The summed E-state index contributed by atoms with van der Waals surface area (Å²) in [5, 5.41) is 56.9. The van der Waals surface area contributed by atoms with Gasteiger partial charge < -0.3 is 44.8 Å². The van der Waals surface area contributed by atoms with Crippen LogP contribution in [0.4, 0.5) is 0 Å². The van der Waals surface area contributed by atoms with Crippen LogP contribution in [0.15, 0.2) is 0 Å². The Balaban J connectivity index is 1.99. The van der Waals surface area contributed by atoms with E-state index in [1.807, 2.05) is 0 Å². The second-order valence-electron chi connectivity index (χ2n) is 5.30. The molecular weight excluding hydrogens is 288 g/mol. The minimum absolute atomic E-state index is 0.0540. The summed E-state index contributed by atoms with van der Waals surface area (Å²) in [6.07, 6.45) is -8.64. The number of rotatable bonds is 4. The van der Waals surface area contributed by atoms with Crippen LogP contribution in [0.1, 0.15) is 12.8 Å². The zero-order chi connectivity index (χ0) is 15.6. The van der Waals surface area contributed by atoms with Gasteiger partial charge in [-0.25, -0.2) is 0 Å². The predicted octanol–water partition coefficient (Wildman–Crippen LogP) is -3.34. The van der Waals surface area contributed by atoms with Gasteiger partial charge >= 0.3 is 0 Å². The van der Waals surface area contributed by atoms with Gasteiger partial charge in [0.15, 0.2) is 12.6 Å². The van der Waals surface area contributed by atoms with Crippen LogP contribution >= 0.6 is 0 Å². The van der Waals surface area contributed by atoms with E-state index < -0.39 is 62.4 Å². The lowest BCUT2D eigenvalue weighted by Gasteiger charge is -2.42. The molecule has 0 saturated carbocycles. The van der Waals surface area contributed by atoms with Gasteiger partial charge in [0.25, 0.3) is 0 Å². The fraction of sp³-hybridized carbons (Fsp3) is 1.00. The highest BCUT2D eigenvalue weighted by atomic mass is 16.7. The highest BCUT2D eigenvalue weighted by Crippen LogP contribution is 2.27. The lowest BCUT2D eigenvalue weighted by Crippen LogP contribution is -2.56. The van der Waals surface area contributed by atoms with E-state index in [1.54, 1.807) is 0 Å². The first-order chi connectivity index (χ1) is 9.96. The van der Waals surface area contributed by atoms with Gasteiger partial charge in [0.05, 0.1) is 25.4 Å². The maximum atomic E-state index is 9.92. The van der Waals surface area contributed by atoms with Crippen LogP contribution in [0.2, 0.25) is 0 Å². The zero-order valence-corrected chi connectivity index (χ0v) is 11.4. The van der Waals surface area contributed by atoms with Gasteiger partial charge in [0.2, 0.25) is 0 Å². The summed E-state index contributed by atoms with van der Waals surface area (Å²) in [6, 6.07) is 0. The monoisotopic (exact) mass is 310 g/mol. The van der Waals surface area contributed by atoms with Gasteiger partial charge in [-0.2, -0.15) is 0 Å². The summed E-state index contributed by atoms with van der Waals surface area (Å²) in [5.41, 5.74) is 0. The summed E-state index contributed by atoms with van der Waals surface area (Å²) >= 11 is 0. The molecule has 0 aromatic carbocycles. The molecule has 2 rings (SSSR count). The molecule has 9 heteroatoms. The zero-order valence-electron chi connectivity index (χ0n) is 11.4. The van der Waals surface area contributed by atoms with Crippen molar-refractivity contribution < 1.29 is 44.8 Å². The molecule has 8 atom stereocenters. The Bertz CT molecular complexity index is 328. The Morgan fingerprint density at radius 3 is 2.14 bits per heavy atom. The third-order valence-electron chi connectivity index (χ3n) is 3.73. The van der Waals surface area contributed by atoms with Crippen molar-refractivity contribution in [3.63, 3.8) is 0 Å². The Labute approximate surface area is 121 Å². The molecule has 2 saturated heterocycles. The molecule has 2 heterocycles. The van der Waals surface area contributed by atoms with Crippen LogP contribution < -0.4 is 0 Å². The molecule has 21 heavy (non-hydrogen) atoms. The van der Waals surface area contributed by atoms with Gasteiger partial charge in [0, 0.05) is 12.8 Å². The average molecular weight is 310 g/mol. The topological polar surface area (TPSA) is 149 Å². The van der Waals surface area contributed by atoms with Crippen LogP contribution in [-0.4, -0.2) is 93.1 Å². The van der Waals surface area contributed by atoms with Gasteiger partial charge in [-0.05, 0) is 0 Å². The van der Waals surface area contributed by atoms with E-state index in [4.69, 9.17) is 19.3 Å². The molecule has 6 N–H and O–H groups in total. The summed E-state index contributed by atoms with van der Waals surface area (Å²) in [6.45, 7) is -0.968. The van der Waals surface area contributed by atoms with Crippen molar-refractivity contribution in [2.45, 2.75) is 62.0 Å². The van der Waals surface area contributed by atoms with E-state index in [0.717, 1.165) is 0 Å². The van der Waals surface area contributed by atoms with Gasteiger partial charge in [-0.3, -0.25) is 0 Å². The number of hydrogen-bond acceptors (Lipinski definition) is 9. The molecule has 0 aliphatic carbocycles. The van der Waals surface area contributed by atoms with Crippen molar-refractivity contribution in [2.24, 2.45) is 0 Å². The first-order valence-corrected chi connectivity index (χ1v) is 6.86. The second kappa shape index (κ2) is 7.27. The molecule has 2 fully saturated rings. The molecule has 0 spiro atoms. The van der Waals surface area contributed by atoms with Crippen molar-refractivity contribution >= 4 is 0 Å². The van der Waals surface area contributed by atoms with Crippen LogP contribution in [0.3, 0.4) is 0 Å². The minimum Gasteiger partial charge on any atom is -0.394 e. The number of hydrogen-bond donors (Lipinski definition) is 6. The molecule has 0 bridgehead atoms. The molecule has 0 radical (unpaired) electrons. The van der Waals surface area contributed by atoms with Crippen molar-refractivity contribution in [1.82, 2.24) is 0 Å². The summed E-state index contributed by atoms with van der Waals surface area (Å²) < 4.78 is 15.9. The largest absolute Gasteiger partial charge is 0.394 e. The Morgan fingerprint density at radius 2 is 1.52 bits per heavy atom. The maximum Gasteiger partial charge on any atom is 0.161 e. The summed E-state index contributed by atoms with van der Waals surface area (Å²) in [7, 11) is 0. The third-order valence-corrected chi connectivity index (χ3v) is 3.73. The molecule has 0 amide bonds. The lowest BCUT2D eigenvalue weighted by molar-refractivity contribution is -0.316. The van der Waals surface area contributed by atoms with E-state index in [9.17, 15) is 25.5 Å². The fourth-order valence-electron chi connectivity index (χ4n) is 2.58. The first-order valence-electron chi connectivity index (χ1n) is 6.86. The summed E-state index contributed by atoms with van der Waals surface area (Å²) in [4.78, 5) is 0. The normalized spacial score (nSPS) is 48.3. The molecule has 124 valence electrons. The van der Waals surface area contributed by atoms with Crippen molar-refractivity contribution in [3.8, 4) is 0 Å². The van der Waals surface area contributed by atoms with E-state index in [0.29, 0.717) is 0 Å². The fourth-order valence-corrected chi connectivity index (χ4v) is 2.58. The van der Waals surface area contributed by atoms with E-state index in [2.05, 4.69) is 0 Å². The van der Waals surface area contributed by atoms with Crippen molar-refractivity contribution in [2.75, 3.05) is 13.2 Å². The Kier molecular flexibility index (Phi) is 5.88. The minimum atomic E-state index is -1.22. The van der Waals surface area contributed by atoms with Crippen LogP contribution in [-0.2, 0) is 14.2 Å². The molecule has 6 unspecified atom stereocenters. The maximum absolute atomic E-state index is 9.92. The van der Waals surface area contributed by atoms with Gasteiger partial charge in [0.1, 0.15) is 24.4 Å². The van der Waals surface area contributed by atoms with Gasteiger partial charge in [-0.15, -0.1) is 0 Å². The molecule has 0 aromatic heterocycles. The molecular formula is C12H22O9. The number of aliphatic hydroxyl groups is 6. The van der Waals surface area contributed by atoms with Crippen molar-refractivity contribution in [3.05, 3.63) is 0 Å². The average Bonchev–Trinajstić information content (AvgIpc) is 2.45. The van der Waals surface area contributed by atoms with E-state index in [-0.39, 0.29) is 12.8 Å². The quantitative estimate of drug-likeness (QED) is 0.313. The molecule has 0 aromatic rings. The smallest absolute Gasteiger partial charge is 0.161 e. The Morgan fingerprint density at radius 1 is 0.857 bits per heavy atom. The van der Waals surface area contributed by atoms with E-state index in [1.165, 1.54) is 0 Å². The third kappa shape index (κ3) is 3.89. The lowest BCUT2D eigenvalue weighted by atomic mass is 10.00. The predicted molar refractivity (Wildman–Crippen MR) is 65.8 cm³/mol. The standard InChI is InChI=1S/C12H22O9/c13-3-7-11(18)5(15)2-10(20-7)21-12-6(16)1-9(17)19-8(12)4-14/h5-18H,1-4H2/t5?,6?,7?,8?,9-,10?,11?,12-/m0/s1. The number of ether oxygens (including phenoxy) is 3. The highest BCUT2D eigenvalue weighted by molar-refractivity contribution is 4.87. The van der Waals surface area contributed by atoms with Crippen LogP contribution in [0, 0.1) is 0 Å². The van der Waals surface area contributed by atoms with E-state index >= 15 is 0 Å². The SMILES string of the molecule is OCC1OC(O[C@H]2C(O)C[C@@H](O)OC2CO)CC(O)C1O. The second-order valence-corrected chi connectivity index (χ2v) is 5.30.